The lowest BCUT2D eigenvalue weighted by atomic mass is 10.2. The van der Waals surface area contributed by atoms with Crippen LogP contribution in [0.4, 0.5) is 5.69 Å². The third-order valence-electron chi connectivity index (χ3n) is 3.45. The highest BCUT2D eigenvalue weighted by Gasteiger charge is 2.17. The van der Waals surface area contributed by atoms with Crippen LogP contribution in [-0.2, 0) is 11.3 Å². The lowest BCUT2D eigenvalue weighted by Crippen LogP contribution is -2.07. The molecule has 2 aromatic carbocycles. The summed E-state index contributed by atoms with van der Waals surface area (Å²) in [4.78, 5) is 22.4. The quantitative estimate of drug-likeness (QED) is 0.308. The van der Waals surface area contributed by atoms with Crippen LogP contribution in [-0.4, -0.2) is 24.1 Å². The largest absolute Gasteiger partial charge is 0.490 e. The van der Waals surface area contributed by atoms with Crippen LogP contribution in [0.3, 0.4) is 0 Å². The van der Waals surface area contributed by atoms with Crippen LogP contribution in [0.1, 0.15) is 29.8 Å². The summed E-state index contributed by atoms with van der Waals surface area (Å²) < 4.78 is 17.1. The van der Waals surface area contributed by atoms with Gasteiger partial charge in [0.1, 0.15) is 6.61 Å². The molecule has 0 saturated carbocycles. The smallest absolute Gasteiger partial charge is 0.339 e. The predicted octanol–water partition coefficient (Wildman–Crippen LogP) is 5.17. The van der Waals surface area contributed by atoms with Crippen molar-refractivity contribution in [2.75, 3.05) is 13.2 Å². The van der Waals surface area contributed by atoms with Gasteiger partial charge in [-0.1, -0.05) is 27.5 Å². The second-order valence-electron chi connectivity index (χ2n) is 5.25. The number of benzene rings is 2. The summed E-state index contributed by atoms with van der Waals surface area (Å²) in [7, 11) is 0. The summed E-state index contributed by atoms with van der Waals surface area (Å²) in [6.45, 7) is 4.62. The maximum Gasteiger partial charge on any atom is 0.339 e. The Bertz CT molecular complexity index is 858. The van der Waals surface area contributed by atoms with Gasteiger partial charge >= 0.3 is 5.97 Å². The number of hydrogen-bond acceptors (Lipinski definition) is 6. The summed E-state index contributed by atoms with van der Waals surface area (Å²) >= 11 is 9.37. The molecule has 0 spiro atoms. The molecule has 9 heteroatoms. The number of nitro benzene ring substituents is 1. The van der Waals surface area contributed by atoms with E-state index in [1.807, 2.05) is 13.8 Å². The molecule has 0 aliphatic heterocycles. The van der Waals surface area contributed by atoms with Crippen molar-refractivity contribution in [3.05, 3.63) is 61.1 Å². The Kier molecular flexibility index (Phi) is 7.44. The van der Waals surface area contributed by atoms with E-state index >= 15 is 0 Å². The molecular weight excluding hydrogens is 442 g/mol. The molecule has 0 aliphatic rings. The molecule has 2 aromatic rings. The van der Waals surface area contributed by atoms with Crippen molar-refractivity contribution >= 4 is 39.2 Å². The van der Waals surface area contributed by atoms with Crippen molar-refractivity contribution in [2.45, 2.75) is 20.5 Å². The van der Waals surface area contributed by atoms with Gasteiger partial charge in [-0.3, -0.25) is 10.1 Å². The third-order valence-corrected chi connectivity index (χ3v) is 4.51. The lowest BCUT2D eigenvalue weighted by Gasteiger charge is -2.14. The Morgan fingerprint density at radius 1 is 1.15 bits per heavy atom. The maximum atomic E-state index is 12.3. The summed E-state index contributed by atoms with van der Waals surface area (Å²) in [6.07, 6.45) is 0. The minimum atomic E-state index is -0.686. The van der Waals surface area contributed by atoms with Gasteiger partial charge in [0, 0.05) is 22.2 Å². The molecule has 2 rings (SSSR count). The number of nitro groups is 1. The van der Waals surface area contributed by atoms with E-state index in [1.54, 1.807) is 12.1 Å². The topological polar surface area (TPSA) is 87.9 Å². The fourth-order valence-corrected chi connectivity index (χ4v) is 2.92. The van der Waals surface area contributed by atoms with Gasteiger partial charge in [0.05, 0.1) is 28.7 Å². The molecular formula is C18H17BrClNO6. The van der Waals surface area contributed by atoms with Gasteiger partial charge in [-0.25, -0.2) is 4.79 Å². The molecule has 0 fully saturated rings. The maximum absolute atomic E-state index is 12.3. The van der Waals surface area contributed by atoms with Crippen LogP contribution in [0.5, 0.6) is 11.5 Å². The van der Waals surface area contributed by atoms with Gasteiger partial charge in [-0.15, -0.1) is 0 Å². The molecule has 0 amide bonds. The molecule has 0 atom stereocenters. The SMILES string of the molecule is CCOc1cc(Br)c(COC(=O)c2ccc([N+](=O)[O-])cc2Cl)cc1OCC. The van der Waals surface area contributed by atoms with Crippen LogP contribution in [0.25, 0.3) is 0 Å². The first-order valence-electron chi connectivity index (χ1n) is 8.06. The molecule has 0 radical (unpaired) electrons. The summed E-state index contributed by atoms with van der Waals surface area (Å²) in [5.41, 5.74) is 0.523. The first-order chi connectivity index (χ1) is 12.9. The highest BCUT2D eigenvalue weighted by molar-refractivity contribution is 9.10. The Labute approximate surface area is 169 Å². The van der Waals surface area contributed by atoms with Gasteiger partial charge in [0.25, 0.3) is 5.69 Å². The Balaban J connectivity index is 2.17. The Hall–Kier alpha value is -2.32. The van der Waals surface area contributed by atoms with E-state index in [-0.39, 0.29) is 22.9 Å². The number of halogens is 2. The van der Waals surface area contributed by atoms with Gasteiger partial charge in [0.15, 0.2) is 11.5 Å². The summed E-state index contributed by atoms with van der Waals surface area (Å²) in [5.74, 6) is 0.440. The molecule has 0 N–H and O–H groups in total. The molecule has 0 aromatic heterocycles. The van der Waals surface area contributed by atoms with E-state index < -0.39 is 10.9 Å². The van der Waals surface area contributed by atoms with Gasteiger partial charge in [0.2, 0.25) is 0 Å². The summed E-state index contributed by atoms with van der Waals surface area (Å²) in [5, 5.41) is 10.7. The Morgan fingerprint density at radius 3 is 2.33 bits per heavy atom. The lowest BCUT2D eigenvalue weighted by molar-refractivity contribution is -0.384. The van der Waals surface area contributed by atoms with E-state index in [1.165, 1.54) is 12.1 Å². The Morgan fingerprint density at radius 2 is 1.78 bits per heavy atom. The van der Waals surface area contributed by atoms with E-state index in [0.717, 1.165) is 6.07 Å². The van der Waals surface area contributed by atoms with Gasteiger partial charge in [-0.05, 0) is 32.0 Å². The predicted molar refractivity (Wildman–Crippen MR) is 104 cm³/mol. The van der Waals surface area contributed by atoms with Crippen molar-refractivity contribution in [3.63, 3.8) is 0 Å². The zero-order valence-corrected chi connectivity index (χ0v) is 17.0. The number of carbonyl (C=O) groups excluding carboxylic acids is 1. The molecule has 7 nitrogen and oxygen atoms in total. The average Bonchev–Trinajstić information content (AvgIpc) is 2.62. The first kappa shape index (κ1) is 21.0. The number of nitrogens with zero attached hydrogens (tertiary/aromatic N) is 1. The second kappa shape index (κ2) is 9.57. The average molecular weight is 459 g/mol. The third kappa shape index (κ3) is 5.33. The number of carbonyl (C=O) groups is 1. The molecule has 0 saturated heterocycles. The second-order valence-corrected chi connectivity index (χ2v) is 6.52. The minimum absolute atomic E-state index is 0.0424. The number of non-ortho nitro benzene ring substituents is 1. The number of esters is 1. The number of ether oxygens (including phenoxy) is 3. The van der Waals surface area contributed by atoms with E-state index in [0.29, 0.717) is 34.7 Å². The van der Waals surface area contributed by atoms with Crippen LogP contribution < -0.4 is 9.47 Å². The van der Waals surface area contributed by atoms with Crippen molar-refractivity contribution in [3.8, 4) is 11.5 Å². The molecule has 27 heavy (non-hydrogen) atoms. The number of hydrogen-bond donors (Lipinski definition) is 0. The highest BCUT2D eigenvalue weighted by Crippen LogP contribution is 2.34. The first-order valence-corrected chi connectivity index (χ1v) is 9.23. The van der Waals surface area contributed by atoms with Crippen LogP contribution in [0, 0.1) is 10.1 Å². The van der Waals surface area contributed by atoms with Crippen molar-refractivity contribution < 1.29 is 23.9 Å². The molecule has 144 valence electrons. The van der Waals surface area contributed by atoms with Gasteiger partial charge < -0.3 is 14.2 Å². The number of rotatable bonds is 8. The molecule has 0 heterocycles. The van der Waals surface area contributed by atoms with E-state index in [2.05, 4.69) is 15.9 Å². The highest BCUT2D eigenvalue weighted by atomic mass is 79.9. The normalized spacial score (nSPS) is 10.4. The van der Waals surface area contributed by atoms with Crippen LogP contribution in [0.2, 0.25) is 5.02 Å². The van der Waals surface area contributed by atoms with Crippen LogP contribution >= 0.6 is 27.5 Å². The fourth-order valence-electron chi connectivity index (χ4n) is 2.23. The fraction of sp³-hybridized carbons (Fsp3) is 0.278. The summed E-state index contributed by atoms with van der Waals surface area (Å²) in [6, 6.07) is 7.04. The molecule has 0 unspecified atom stereocenters. The zero-order valence-electron chi connectivity index (χ0n) is 14.7. The van der Waals surface area contributed by atoms with Crippen molar-refractivity contribution in [1.82, 2.24) is 0 Å². The minimum Gasteiger partial charge on any atom is -0.490 e. The molecule has 0 bridgehead atoms. The van der Waals surface area contributed by atoms with E-state index in [9.17, 15) is 14.9 Å². The van der Waals surface area contributed by atoms with Crippen LogP contribution in [0.15, 0.2) is 34.8 Å². The zero-order chi connectivity index (χ0) is 20.0. The van der Waals surface area contributed by atoms with Crippen molar-refractivity contribution in [2.24, 2.45) is 0 Å². The van der Waals surface area contributed by atoms with Crippen molar-refractivity contribution in [1.29, 1.82) is 0 Å². The standard InChI is InChI=1S/C18H17BrClNO6/c1-3-25-16-7-11(14(19)9-17(16)26-4-2)10-27-18(22)13-6-5-12(21(23)24)8-15(13)20/h5-9H,3-4,10H2,1-2H3. The van der Waals surface area contributed by atoms with Gasteiger partial charge in [-0.2, -0.15) is 0 Å². The van der Waals surface area contributed by atoms with E-state index in [4.69, 9.17) is 25.8 Å². The molecule has 0 aliphatic carbocycles. The monoisotopic (exact) mass is 457 g/mol.